The topological polar surface area (TPSA) is 84.9 Å². The van der Waals surface area contributed by atoms with E-state index in [9.17, 15) is 13.2 Å². The number of hydrogen-bond acceptors (Lipinski definition) is 6. The molecule has 0 spiro atoms. The molecule has 192 valence electrons. The highest BCUT2D eigenvalue weighted by Crippen LogP contribution is 2.27. The molecule has 0 radical (unpaired) electrons. The molecule has 0 aliphatic heterocycles. The molecule has 0 aromatic heterocycles. The maximum absolute atomic E-state index is 13.7. The fourth-order valence-corrected chi connectivity index (χ4v) is 5.52. The maximum atomic E-state index is 13.7. The van der Waals surface area contributed by atoms with E-state index in [2.05, 4.69) is 5.32 Å². The Labute approximate surface area is 217 Å². The van der Waals surface area contributed by atoms with Crippen LogP contribution in [0, 0.1) is 0 Å². The molecule has 0 fully saturated rings. The second kappa shape index (κ2) is 12.7. The zero-order chi connectivity index (χ0) is 26.1. The number of carbonyl (C=O) groups is 1. The normalized spacial score (nSPS) is 12.0. The summed E-state index contributed by atoms with van der Waals surface area (Å²) in [6.45, 7) is 3.96. The van der Waals surface area contributed by atoms with Gasteiger partial charge in [0.25, 0.3) is 10.0 Å². The molecule has 1 atom stereocenters. The third-order valence-corrected chi connectivity index (χ3v) is 8.16. The fourth-order valence-electron chi connectivity index (χ4n) is 3.69. The highest BCUT2D eigenvalue weighted by molar-refractivity contribution is 7.98. The van der Waals surface area contributed by atoms with Crippen LogP contribution < -0.4 is 19.1 Å². The van der Waals surface area contributed by atoms with Crippen molar-refractivity contribution in [1.82, 2.24) is 5.32 Å². The Morgan fingerprint density at radius 1 is 0.944 bits per heavy atom. The van der Waals surface area contributed by atoms with E-state index in [-0.39, 0.29) is 17.5 Å². The van der Waals surface area contributed by atoms with Crippen LogP contribution in [0.4, 0.5) is 5.69 Å². The summed E-state index contributed by atoms with van der Waals surface area (Å²) in [4.78, 5) is 14.2. The molecule has 0 heterocycles. The lowest BCUT2D eigenvalue weighted by molar-refractivity contribution is -0.120. The Hall–Kier alpha value is -3.17. The SMILES string of the molecule is CCOc1ccc(N(CC(=O)N[C@H](CC)c2ccc(OC)cc2)S(=O)(=O)c2ccc(SC)cc2)cc1. The lowest BCUT2D eigenvalue weighted by atomic mass is 10.0. The van der Waals surface area contributed by atoms with Crippen LogP contribution in [0.3, 0.4) is 0 Å². The summed E-state index contributed by atoms with van der Waals surface area (Å²) in [5.41, 5.74) is 1.29. The highest BCUT2D eigenvalue weighted by Gasteiger charge is 2.28. The lowest BCUT2D eigenvalue weighted by Crippen LogP contribution is -2.42. The predicted octanol–water partition coefficient (Wildman–Crippen LogP) is 5.28. The first kappa shape index (κ1) is 27.4. The molecule has 9 heteroatoms. The van der Waals surface area contributed by atoms with Crippen LogP contribution in [0.25, 0.3) is 0 Å². The van der Waals surface area contributed by atoms with E-state index >= 15 is 0 Å². The molecule has 7 nitrogen and oxygen atoms in total. The van der Waals surface area contributed by atoms with Crippen LogP contribution in [0.2, 0.25) is 0 Å². The summed E-state index contributed by atoms with van der Waals surface area (Å²) in [5, 5.41) is 2.98. The van der Waals surface area contributed by atoms with Crippen LogP contribution in [-0.4, -0.2) is 40.8 Å². The minimum atomic E-state index is -4.01. The Morgan fingerprint density at radius 3 is 2.08 bits per heavy atom. The Morgan fingerprint density at radius 2 is 1.56 bits per heavy atom. The number of nitrogens with zero attached hydrogens (tertiary/aromatic N) is 1. The predicted molar refractivity (Wildman–Crippen MR) is 145 cm³/mol. The standard InChI is InChI=1S/C27H32N2O5S2/c1-5-26(20-7-11-22(33-3)12-8-20)28-27(30)19-29(21-9-13-23(14-10-21)34-6-2)36(31,32)25-17-15-24(35-4)16-18-25/h7-18,26H,5-6,19H2,1-4H3,(H,28,30)/t26-/m1/s1. The molecule has 0 unspecified atom stereocenters. The van der Waals surface area contributed by atoms with Crippen LogP contribution in [0.5, 0.6) is 11.5 Å². The van der Waals surface area contributed by atoms with Gasteiger partial charge in [-0.2, -0.15) is 0 Å². The first-order valence-corrected chi connectivity index (χ1v) is 14.3. The Balaban J connectivity index is 1.89. The average Bonchev–Trinajstić information content (AvgIpc) is 2.91. The molecular weight excluding hydrogens is 496 g/mol. The van der Waals surface area contributed by atoms with Crippen molar-refractivity contribution in [2.75, 3.05) is 30.8 Å². The van der Waals surface area contributed by atoms with E-state index < -0.39 is 15.9 Å². The van der Waals surface area contributed by atoms with Gasteiger partial charge in [-0.05, 0) is 85.8 Å². The number of benzene rings is 3. The molecule has 3 aromatic rings. The number of rotatable bonds is 12. The summed E-state index contributed by atoms with van der Waals surface area (Å²) in [5.74, 6) is 0.939. The number of nitrogens with one attached hydrogen (secondary N) is 1. The molecule has 3 rings (SSSR count). The Bertz CT molecular complexity index is 1230. The minimum absolute atomic E-state index is 0.115. The summed E-state index contributed by atoms with van der Waals surface area (Å²) < 4.78 is 39.2. The van der Waals surface area contributed by atoms with E-state index in [1.54, 1.807) is 55.6 Å². The second-order valence-electron chi connectivity index (χ2n) is 7.92. The van der Waals surface area contributed by atoms with Crippen molar-refractivity contribution in [1.29, 1.82) is 0 Å². The van der Waals surface area contributed by atoms with Crippen molar-refractivity contribution < 1.29 is 22.7 Å². The van der Waals surface area contributed by atoms with Gasteiger partial charge >= 0.3 is 0 Å². The second-order valence-corrected chi connectivity index (χ2v) is 10.7. The molecule has 36 heavy (non-hydrogen) atoms. The van der Waals surface area contributed by atoms with Gasteiger partial charge in [0.05, 0.1) is 30.3 Å². The van der Waals surface area contributed by atoms with Crippen molar-refractivity contribution in [3.63, 3.8) is 0 Å². The third kappa shape index (κ3) is 6.73. The highest BCUT2D eigenvalue weighted by atomic mass is 32.2. The molecular formula is C27H32N2O5S2. The number of hydrogen-bond donors (Lipinski definition) is 1. The van der Waals surface area contributed by atoms with Gasteiger partial charge in [0, 0.05) is 4.90 Å². The van der Waals surface area contributed by atoms with E-state index in [4.69, 9.17) is 9.47 Å². The van der Waals surface area contributed by atoms with Crippen molar-refractivity contribution in [2.24, 2.45) is 0 Å². The average molecular weight is 529 g/mol. The van der Waals surface area contributed by atoms with Gasteiger partial charge in [-0.15, -0.1) is 11.8 Å². The van der Waals surface area contributed by atoms with Crippen molar-refractivity contribution in [3.05, 3.63) is 78.4 Å². The molecule has 0 saturated heterocycles. The Kier molecular flexibility index (Phi) is 9.66. The molecule has 3 aromatic carbocycles. The van der Waals surface area contributed by atoms with Crippen LogP contribution in [0.15, 0.2) is 82.6 Å². The quantitative estimate of drug-likeness (QED) is 0.322. The van der Waals surface area contributed by atoms with E-state index in [0.29, 0.717) is 24.5 Å². The smallest absolute Gasteiger partial charge is 0.264 e. The third-order valence-electron chi connectivity index (χ3n) is 5.63. The largest absolute Gasteiger partial charge is 0.497 e. The monoisotopic (exact) mass is 528 g/mol. The van der Waals surface area contributed by atoms with Gasteiger partial charge < -0.3 is 14.8 Å². The zero-order valence-corrected chi connectivity index (χ0v) is 22.6. The fraction of sp³-hybridized carbons (Fsp3) is 0.296. The van der Waals surface area contributed by atoms with Crippen LogP contribution in [-0.2, 0) is 14.8 Å². The minimum Gasteiger partial charge on any atom is -0.497 e. The van der Waals surface area contributed by atoms with E-state index in [1.165, 1.54) is 11.8 Å². The van der Waals surface area contributed by atoms with Crippen LogP contribution >= 0.6 is 11.8 Å². The molecule has 0 saturated carbocycles. The molecule has 0 aliphatic carbocycles. The maximum Gasteiger partial charge on any atom is 0.264 e. The van der Waals surface area contributed by atoms with Crippen molar-refractivity contribution in [2.45, 2.75) is 36.1 Å². The lowest BCUT2D eigenvalue weighted by Gasteiger charge is -2.26. The number of anilines is 1. The summed E-state index contributed by atoms with van der Waals surface area (Å²) in [6, 6.07) is 20.5. The molecule has 0 bridgehead atoms. The summed E-state index contributed by atoms with van der Waals surface area (Å²) >= 11 is 1.52. The van der Waals surface area contributed by atoms with E-state index in [0.717, 1.165) is 20.5 Å². The first-order valence-electron chi connectivity index (χ1n) is 11.6. The van der Waals surface area contributed by atoms with E-state index in [1.807, 2.05) is 44.4 Å². The molecule has 1 amide bonds. The van der Waals surface area contributed by atoms with Gasteiger partial charge in [0.1, 0.15) is 18.0 Å². The summed E-state index contributed by atoms with van der Waals surface area (Å²) in [6.07, 6.45) is 2.57. The number of methoxy groups -OCH3 is 1. The van der Waals surface area contributed by atoms with Gasteiger partial charge in [-0.3, -0.25) is 9.10 Å². The number of ether oxygens (including phenoxy) is 2. The first-order chi connectivity index (χ1) is 17.3. The van der Waals surface area contributed by atoms with Gasteiger partial charge in [0.15, 0.2) is 0 Å². The number of carbonyl (C=O) groups excluding carboxylic acids is 1. The van der Waals surface area contributed by atoms with Crippen molar-refractivity contribution >= 4 is 33.4 Å². The summed E-state index contributed by atoms with van der Waals surface area (Å²) in [7, 11) is -2.41. The zero-order valence-electron chi connectivity index (χ0n) is 20.9. The number of sulfonamides is 1. The van der Waals surface area contributed by atoms with Gasteiger partial charge in [0.2, 0.25) is 5.91 Å². The van der Waals surface area contributed by atoms with Gasteiger partial charge in [-0.1, -0.05) is 19.1 Å². The molecule has 1 N–H and O–H groups in total. The number of thioether (sulfide) groups is 1. The van der Waals surface area contributed by atoms with Crippen LogP contribution in [0.1, 0.15) is 31.9 Å². The molecule has 0 aliphatic rings. The van der Waals surface area contributed by atoms with Crippen molar-refractivity contribution in [3.8, 4) is 11.5 Å². The number of amides is 1. The van der Waals surface area contributed by atoms with Gasteiger partial charge in [-0.25, -0.2) is 8.42 Å².